The maximum Gasteiger partial charge on any atom is 0.132 e. The molecule has 2 aliphatic rings. The number of aromatic nitrogens is 1. The van der Waals surface area contributed by atoms with E-state index in [2.05, 4.69) is 16.0 Å². The summed E-state index contributed by atoms with van der Waals surface area (Å²) in [6.07, 6.45) is 3.53. The van der Waals surface area contributed by atoms with Crippen LogP contribution < -0.4 is 4.90 Å². The molecule has 2 aliphatic heterocycles. The summed E-state index contributed by atoms with van der Waals surface area (Å²) < 4.78 is 0. The summed E-state index contributed by atoms with van der Waals surface area (Å²) in [6, 6.07) is 6.13. The van der Waals surface area contributed by atoms with Gasteiger partial charge in [0.1, 0.15) is 11.0 Å². The first kappa shape index (κ1) is 11.8. The van der Waals surface area contributed by atoms with Crippen LogP contribution in [-0.2, 0) is 0 Å². The van der Waals surface area contributed by atoms with Crippen LogP contribution in [0.15, 0.2) is 12.1 Å². The fourth-order valence-corrected chi connectivity index (χ4v) is 3.41. The summed E-state index contributed by atoms with van der Waals surface area (Å²) in [6.45, 7) is 0. The molecule has 1 aromatic rings. The standard InChI is InChI=1S/C13H14ClN3O/c14-12-3-8(7-15)4-13(16-12)17-9-1-2-10(17)6-11(18)5-9/h3-4,9-11,18H,1-2,5-6H2. The van der Waals surface area contributed by atoms with Crippen LogP contribution in [0.4, 0.5) is 5.82 Å². The molecule has 1 aromatic heterocycles. The Labute approximate surface area is 111 Å². The highest BCUT2D eigenvalue weighted by Crippen LogP contribution is 2.39. The lowest BCUT2D eigenvalue weighted by Gasteiger charge is -2.38. The van der Waals surface area contributed by atoms with Crippen molar-refractivity contribution >= 4 is 17.4 Å². The fraction of sp³-hybridized carbons (Fsp3) is 0.538. The van der Waals surface area contributed by atoms with E-state index in [-0.39, 0.29) is 6.10 Å². The second kappa shape index (κ2) is 4.42. The number of pyridine rings is 1. The maximum atomic E-state index is 9.78. The van der Waals surface area contributed by atoms with Crippen LogP contribution in [0.2, 0.25) is 5.15 Å². The highest BCUT2D eigenvalue weighted by Gasteiger charge is 2.40. The van der Waals surface area contributed by atoms with Gasteiger partial charge in [-0.15, -0.1) is 0 Å². The average molecular weight is 264 g/mol. The topological polar surface area (TPSA) is 60.2 Å². The Morgan fingerprint density at radius 1 is 1.33 bits per heavy atom. The molecule has 0 aliphatic carbocycles. The number of piperidine rings is 1. The van der Waals surface area contributed by atoms with Crippen molar-refractivity contribution in [1.29, 1.82) is 5.26 Å². The van der Waals surface area contributed by atoms with Crippen LogP contribution in [0.1, 0.15) is 31.2 Å². The molecular formula is C13H14ClN3O. The first-order valence-electron chi connectivity index (χ1n) is 6.21. The summed E-state index contributed by atoms with van der Waals surface area (Å²) in [5, 5.41) is 19.1. The SMILES string of the molecule is N#Cc1cc(Cl)nc(N2C3CCC2CC(O)C3)c1. The Balaban J connectivity index is 1.96. The predicted molar refractivity (Wildman–Crippen MR) is 68.5 cm³/mol. The zero-order valence-corrected chi connectivity index (χ0v) is 10.6. The van der Waals surface area contributed by atoms with E-state index in [0.717, 1.165) is 31.5 Å². The Kier molecular flexibility index (Phi) is 2.89. The molecule has 4 nitrogen and oxygen atoms in total. The molecule has 0 amide bonds. The Bertz CT molecular complexity index is 499. The number of aliphatic hydroxyl groups is 1. The van der Waals surface area contributed by atoms with Crippen LogP contribution in [0, 0.1) is 11.3 Å². The minimum atomic E-state index is -0.201. The quantitative estimate of drug-likeness (QED) is 0.789. The van der Waals surface area contributed by atoms with Gasteiger partial charge in [0.2, 0.25) is 0 Å². The second-order valence-electron chi connectivity index (χ2n) is 5.07. The monoisotopic (exact) mass is 263 g/mol. The minimum absolute atomic E-state index is 0.201. The van der Waals surface area contributed by atoms with Crippen LogP contribution in [0.5, 0.6) is 0 Å². The fourth-order valence-electron chi connectivity index (χ4n) is 3.20. The minimum Gasteiger partial charge on any atom is -0.393 e. The molecule has 0 radical (unpaired) electrons. The van der Waals surface area contributed by atoms with Crippen LogP contribution in [-0.4, -0.2) is 28.3 Å². The number of rotatable bonds is 1. The predicted octanol–water partition coefficient (Wildman–Crippen LogP) is 2.10. The van der Waals surface area contributed by atoms with Crippen LogP contribution in [0.3, 0.4) is 0 Å². The summed E-state index contributed by atoms with van der Waals surface area (Å²) in [5.41, 5.74) is 0.538. The second-order valence-corrected chi connectivity index (χ2v) is 5.45. The average Bonchev–Trinajstić information content (AvgIpc) is 2.61. The van der Waals surface area contributed by atoms with E-state index >= 15 is 0 Å². The van der Waals surface area contributed by atoms with Gasteiger partial charge in [0.15, 0.2) is 0 Å². The molecule has 3 heterocycles. The lowest BCUT2D eigenvalue weighted by molar-refractivity contribution is 0.126. The van der Waals surface area contributed by atoms with Gasteiger partial charge in [-0.05, 0) is 37.8 Å². The van der Waals surface area contributed by atoms with Gasteiger partial charge >= 0.3 is 0 Å². The summed E-state index contributed by atoms with van der Waals surface area (Å²) in [5.74, 6) is 0.776. The highest BCUT2D eigenvalue weighted by molar-refractivity contribution is 6.29. The van der Waals surface area contributed by atoms with Gasteiger partial charge in [0.25, 0.3) is 0 Å². The van der Waals surface area contributed by atoms with Gasteiger partial charge in [-0.2, -0.15) is 5.26 Å². The molecule has 0 aromatic carbocycles. The summed E-state index contributed by atoms with van der Waals surface area (Å²) >= 11 is 5.95. The molecule has 3 rings (SSSR count). The summed E-state index contributed by atoms with van der Waals surface area (Å²) in [4.78, 5) is 6.57. The number of hydrogen-bond acceptors (Lipinski definition) is 4. The van der Waals surface area contributed by atoms with Crippen molar-refractivity contribution in [2.75, 3.05) is 4.90 Å². The van der Waals surface area contributed by atoms with E-state index in [0.29, 0.717) is 22.8 Å². The van der Waals surface area contributed by atoms with Gasteiger partial charge < -0.3 is 10.0 Å². The molecule has 2 fully saturated rings. The van der Waals surface area contributed by atoms with E-state index in [4.69, 9.17) is 16.9 Å². The number of halogens is 1. The molecule has 18 heavy (non-hydrogen) atoms. The van der Waals surface area contributed by atoms with Gasteiger partial charge in [-0.3, -0.25) is 0 Å². The third kappa shape index (κ3) is 1.94. The van der Waals surface area contributed by atoms with Crippen molar-refractivity contribution in [3.63, 3.8) is 0 Å². The first-order chi connectivity index (χ1) is 8.67. The van der Waals surface area contributed by atoms with Crippen molar-refractivity contribution < 1.29 is 5.11 Å². The van der Waals surface area contributed by atoms with E-state index < -0.39 is 0 Å². The maximum absolute atomic E-state index is 9.78. The molecule has 2 bridgehead atoms. The lowest BCUT2D eigenvalue weighted by Crippen LogP contribution is -2.45. The van der Waals surface area contributed by atoms with Gasteiger partial charge in [-0.25, -0.2) is 4.98 Å². The molecule has 0 saturated carbocycles. The van der Waals surface area contributed by atoms with E-state index in [1.807, 2.05) is 0 Å². The number of aliphatic hydroxyl groups excluding tert-OH is 1. The molecule has 1 N–H and O–H groups in total. The Morgan fingerprint density at radius 2 is 2.00 bits per heavy atom. The van der Waals surface area contributed by atoms with E-state index in [1.54, 1.807) is 12.1 Å². The van der Waals surface area contributed by atoms with Gasteiger partial charge in [0.05, 0.1) is 17.7 Å². The van der Waals surface area contributed by atoms with E-state index in [9.17, 15) is 5.11 Å². The van der Waals surface area contributed by atoms with E-state index in [1.165, 1.54) is 0 Å². The van der Waals surface area contributed by atoms with Gasteiger partial charge in [-0.1, -0.05) is 11.6 Å². The van der Waals surface area contributed by atoms with Crippen molar-refractivity contribution in [3.05, 3.63) is 22.8 Å². The molecule has 94 valence electrons. The zero-order valence-electron chi connectivity index (χ0n) is 9.88. The van der Waals surface area contributed by atoms with Crippen molar-refractivity contribution in [1.82, 2.24) is 4.98 Å². The molecule has 2 saturated heterocycles. The first-order valence-corrected chi connectivity index (χ1v) is 6.59. The Hall–Kier alpha value is -1.31. The Morgan fingerprint density at radius 3 is 2.61 bits per heavy atom. The number of nitriles is 1. The van der Waals surface area contributed by atoms with Crippen molar-refractivity contribution in [3.8, 4) is 6.07 Å². The molecular weight excluding hydrogens is 250 g/mol. The normalized spacial score (nSPS) is 30.3. The third-order valence-electron chi connectivity index (χ3n) is 3.88. The third-order valence-corrected chi connectivity index (χ3v) is 4.08. The van der Waals surface area contributed by atoms with Crippen LogP contribution in [0.25, 0.3) is 0 Å². The van der Waals surface area contributed by atoms with Crippen LogP contribution >= 0.6 is 11.6 Å². The number of hydrogen-bond donors (Lipinski definition) is 1. The van der Waals surface area contributed by atoms with Crippen molar-refractivity contribution in [2.45, 2.75) is 43.9 Å². The molecule has 5 heteroatoms. The number of fused-ring (bicyclic) bond motifs is 2. The highest BCUT2D eigenvalue weighted by atomic mass is 35.5. The number of anilines is 1. The van der Waals surface area contributed by atoms with Gasteiger partial charge in [0, 0.05) is 12.1 Å². The smallest absolute Gasteiger partial charge is 0.132 e. The number of nitrogens with zero attached hydrogens (tertiary/aromatic N) is 3. The molecule has 0 spiro atoms. The zero-order chi connectivity index (χ0) is 12.7. The lowest BCUT2D eigenvalue weighted by atomic mass is 10.00. The van der Waals surface area contributed by atoms with Crippen molar-refractivity contribution in [2.24, 2.45) is 0 Å². The summed E-state index contributed by atoms with van der Waals surface area (Å²) in [7, 11) is 0. The molecule has 2 atom stereocenters. The molecule has 2 unspecified atom stereocenters. The largest absolute Gasteiger partial charge is 0.393 e.